The molecule has 0 aromatic heterocycles. The van der Waals surface area contributed by atoms with Gasteiger partial charge in [0.25, 0.3) is 0 Å². The molecule has 0 aliphatic rings. The first-order chi connectivity index (χ1) is 6.62. The second kappa shape index (κ2) is 8.06. The molecule has 0 bridgehead atoms. The van der Waals surface area contributed by atoms with E-state index in [-0.39, 0.29) is 0 Å². The number of hydrogen-bond donors (Lipinski definition) is 0. The lowest BCUT2D eigenvalue weighted by molar-refractivity contribution is 0.888. The van der Waals surface area contributed by atoms with Gasteiger partial charge in [0.05, 0.1) is 0 Å². The third kappa shape index (κ3) is 4.16. The van der Waals surface area contributed by atoms with E-state index in [1.807, 2.05) is 0 Å². The Morgan fingerprint density at radius 2 is 0.857 bits per heavy atom. The van der Waals surface area contributed by atoms with Crippen LogP contribution in [0.5, 0.6) is 0 Å². The van der Waals surface area contributed by atoms with Gasteiger partial charge in [-0.25, -0.2) is 0 Å². The Hall–Kier alpha value is 0.860. The van der Waals surface area contributed by atoms with Crippen molar-refractivity contribution >= 4 is 15.8 Å². The van der Waals surface area contributed by atoms with Crippen molar-refractivity contribution in [1.29, 1.82) is 0 Å². The average molecular weight is 234 g/mol. The quantitative estimate of drug-likeness (QED) is 0.555. The molecule has 0 fully saturated rings. The zero-order valence-corrected chi connectivity index (χ0v) is 12.7. The molecule has 2 unspecified atom stereocenters. The van der Waals surface area contributed by atoms with Crippen molar-refractivity contribution in [3.63, 3.8) is 0 Å². The molecule has 0 aliphatic carbocycles. The van der Waals surface area contributed by atoms with Gasteiger partial charge >= 0.3 is 0 Å². The van der Waals surface area contributed by atoms with Crippen LogP contribution in [-0.4, -0.2) is 36.0 Å². The summed E-state index contributed by atoms with van der Waals surface area (Å²) in [6.07, 6.45) is 5.70. The standard InChI is InChI=1S/C12H28P2/c1-7-13(8-2)11(5)12(6)14(9-3)10-4/h11-12H,7-10H2,1-6H3. The zero-order valence-electron chi connectivity index (χ0n) is 10.9. The summed E-state index contributed by atoms with van der Waals surface area (Å²) >= 11 is 0. The summed E-state index contributed by atoms with van der Waals surface area (Å²) in [5, 5.41) is 0. The van der Waals surface area contributed by atoms with Crippen LogP contribution in [0.2, 0.25) is 0 Å². The Morgan fingerprint density at radius 3 is 1.00 bits per heavy atom. The largest absolute Gasteiger partial charge is 0.104 e. The van der Waals surface area contributed by atoms with Gasteiger partial charge < -0.3 is 0 Å². The lowest BCUT2D eigenvalue weighted by Gasteiger charge is -2.33. The highest BCUT2D eigenvalue weighted by Gasteiger charge is 2.24. The van der Waals surface area contributed by atoms with Crippen LogP contribution >= 0.6 is 15.8 Å². The highest BCUT2D eigenvalue weighted by Crippen LogP contribution is 2.52. The predicted octanol–water partition coefficient (Wildman–Crippen LogP) is 4.81. The van der Waals surface area contributed by atoms with Gasteiger partial charge in [-0.15, -0.1) is 15.8 Å². The van der Waals surface area contributed by atoms with E-state index in [0.29, 0.717) is 15.8 Å². The first-order valence-electron chi connectivity index (χ1n) is 6.10. The minimum absolute atomic E-state index is 0.315. The number of hydrogen-bond acceptors (Lipinski definition) is 0. The van der Waals surface area contributed by atoms with Crippen LogP contribution in [-0.2, 0) is 0 Å². The fraction of sp³-hybridized carbons (Fsp3) is 1.00. The van der Waals surface area contributed by atoms with E-state index in [1.54, 1.807) is 0 Å². The van der Waals surface area contributed by atoms with Crippen LogP contribution in [0.4, 0.5) is 0 Å². The Balaban J connectivity index is 4.26. The van der Waals surface area contributed by atoms with E-state index in [9.17, 15) is 0 Å². The predicted molar refractivity (Wildman–Crippen MR) is 74.9 cm³/mol. The van der Waals surface area contributed by atoms with Crippen molar-refractivity contribution in [3.05, 3.63) is 0 Å². The molecule has 2 heteroatoms. The van der Waals surface area contributed by atoms with Crippen molar-refractivity contribution in [2.75, 3.05) is 24.6 Å². The summed E-state index contributed by atoms with van der Waals surface area (Å²) in [7, 11) is 0.631. The van der Waals surface area contributed by atoms with E-state index in [4.69, 9.17) is 0 Å². The summed E-state index contributed by atoms with van der Waals surface area (Å²) < 4.78 is 0. The molecule has 14 heavy (non-hydrogen) atoms. The van der Waals surface area contributed by atoms with Crippen LogP contribution < -0.4 is 0 Å². The summed E-state index contributed by atoms with van der Waals surface area (Å²) in [6.45, 7) is 14.5. The topological polar surface area (TPSA) is 0 Å². The van der Waals surface area contributed by atoms with Crippen molar-refractivity contribution in [1.82, 2.24) is 0 Å². The highest BCUT2D eigenvalue weighted by molar-refractivity contribution is 7.62. The zero-order chi connectivity index (χ0) is 11.1. The molecule has 0 amide bonds. The maximum absolute atomic E-state index is 2.50. The molecule has 0 saturated carbocycles. The molecule has 0 nitrogen and oxygen atoms in total. The van der Waals surface area contributed by atoms with Crippen LogP contribution in [0.3, 0.4) is 0 Å². The van der Waals surface area contributed by atoms with Gasteiger partial charge in [0.15, 0.2) is 0 Å². The molecule has 0 heterocycles. The maximum Gasteiger partial charge on any atom is -0.0173 e. The normalized spacial score (nSPS) is 16.3. The Kier molecular flexibility index (Phi) is 8.56. The fourth-order valence-electron chi connectivity index (χ4n) is 2.21. The van der Waals surface area contributed by atoms with Crippen molar-refractivity contribution in [2.45, 2.75) is 52.9 Å². The molecular formula is C12H28P2. The van der Waals surface area contributed by atoms with E-state index in [0.717, 1.165) is 11.3 Å². The van der Waals surface area contributed by atoms with Crippen molar-refractivity contribution in [2.24, 2.45) is 0 Å². The van der Waals surface area contributed by atoms with Gasteiger partial charge in [0.1, 0.15) is 0 Å². The van der Waals surface area contributed by atoms with Gasteiger partial charge in [0.2, 0.25) is 0 Å². The van der Waals surface area contributed by atoms with Crippen molar-refractivity contribution in [3.8, 4) is 0 Å². The second-order valence-corrected chi connectivity index (χ2v) is 10.4. The van der Waals surface area contributed by atoms with Crippen LogP contribution in [0.1, 0.15) is 41.5 Å². The van der Waals surface area contributed by atoms with Crippen LogP contribution in [0, 0.1) is 0 Å². The van der Waals surface area contributed by atoms with Crippen LogP contribution in [0.25, 0.3) is 0 Å². The first kappa shape index (κ1) is 14.9. The van der Waals surface area contributed by atoms with E-state index in [2.05, 4.69) is 41.5 Å². The highest BCUT2D eigenvalue weighted by atomic mass is 31.1. The lowest BCUT2D eigenvalue weighted by Crippen LogP contribution is -2.19. The second-order valence-electron chi connectivity index (χ2n) is 3.92. The molecule has 0 saturated heterocycles. The number of rotatable bonds is 7. The summed E-state index contributed by atoms with van der Waals surface area (Å²) in [6, 6.07) is 0. The molecule has 0 spiro atoms. The molecule has 2 atom stereocenters. The van der Waals surface area contributed by atoms with E-state index < -0.39 is 0 Å². The average Bonchev–Trinajstić information content (AvgIpc) is 2.21. The summed E-state index contributed by atoms with van der Waals surface area (Å²) in [5.41, 5.74) is 1.98. The molecule has 0 rings (SSSR count). The Labute approximate surface area is 93.8 Å². The van der Waals surface area contributed by atoms with E-state index >= 15 is 0 Å². The Morgan fingerprint density at radius 1 is 0.643 bits per heavy atom. The Bertz CT molecular complexity index is 112. The molecule has 0 radical (unpaired) electrons. The smallest absolute Gasteiger partial charge is 0.0173 e. The maximum atomic E-state index is 2.50. The monoisotopic (exact) mass is 234 g/mol. The molecule has 0 aliphatic heterocycles. The third-order valence-corrected chi connectivity index (χ3v) is 10.2. The molecule has 86 valence electrons. The minimum atomic E-state index is 0.315. The third-order valence-electron chi connectivity index (χ3n) is 3.47. The molecule has 0 aromatic rings. The summed E-state index contributed by atoms with van der Waals surface area (Å²) in [4.78, 5) is 0. The fourth-order valence-corrected chi connectivity index (χ4v) is 7.76. The summed E-state index contributed by atoms with van der Waals surface area (Å²) in [5.74, 6) is 0. The molecular weight excluding hydrogens is 206 g/mol. The molecule has 0 aromatic carbocycles. The van der Waals surface area contributed by atoms with Gasteiger partial charge in [-0.1, -0.05) is 41.5 Å². The van der Waals surface area contributed by atoms with Gasteiger partial charge in [-0.2, -0.15) is 0 Å². The van der Waals surface area contributed by atoms with Gasteiger partial charge in [-0.3, -0.25) is 0 Å². The minimum Gasteiger partial charge on any atom is -0.104 e. The van der Waals surface area contributed by atoms with Gasteiger partial charge in [-0.05, 0) is 36.0 Å². The van der Waals surface area contributed by atoms with E-state index in [1.165, 1.54) is 24.6 Å². The lowest BCUT2D eigenvalue weighted by atomic mass is 10.4. The van der Waals surface area contributed by atoms with Crippen molar-refractivity contribution < 1.29 is 0 Å². The van der Waals surface area contributed by atoms with Crippen LogP contribution in [0.15, 0.2) is 0 Å². The first-order valence-corrected chi connectivity index (χ1v) is 9.66. The van der Waals surface area contributed by atoms with Gasteiger partial charge in [0, 0.05) is 0 Å². The SMILES string of the molecule is CCP(CC)C(C)C(C)P(CC)CC. The molecule has 0 N–H and O–H groups in total.